The number of nitrogens with two attached hydrogens (primary N) is 1. The van der Waals surface area contributed by atoms with Crippen LogP contribution in [0, 0.1) is 5.82 Å². The van der Waals surface area contributed by atoms with Crippen LogP contribution in [0.25, 0.3) is 0 Å². The van der Waals surface area contributed by atoms with E-state index in [0.29, 0.717) is 5.56 Å². The minimum absolute atomic E-state index is 0.111. The molecule has 7 nitrogen and oxygen atoms in total. The first-order chi connectivity index (χ1) is 9.94. The van der Waals surface area contributed by atoms with Crippen LogP contribution < -0.4 is 10.5 Å². The van der Waals surface area contributed by atoms with E-state index in [2.05, 4.69) is 14.9 Å². The fraction of sp³-hybridized carbons (Fsp3) is 0. The van der Waals surface area contributed by atoms with E-state index < -0.39 is 20.9 Å². The van der Waals surface area contributed by atoms with Crippen LogP contribution in [0.3, 0.4) is 0 Å². The maximum Gasteiger partial charge on any atom is 0.282 e. The lowest BCUT2D eigenvalue weighted by Crippen LogP contribution is -2.17. The predicted molar refractivity (Wildman–Crippen MR) is 74.0 cm³/mol. The molecule has 0 aliphatic heterocycles. The lowest BCUT2D eigenvalue weighted by atomic mass is 10.2. The van der Waals surface area contributed by atoms with Gasteiger partial charge >= 0.3 is 0 Å². The molecule has 0 radical (unpaired) electrons. The monoisotopic (exact) mass is 310 g/mol. The van der Waals surface area contributed by atoms with Crippen LogP contribution >= 0.6 is 0 Å². The van der Waals surface area contributed by atoms with Gasteiger partial charge in [-0.2, -0.15) is 8.42 Å². The summed E-state index contributed by atoms with van der Waals surface area (Å²) in [6, 6.07) is 7.98. The van der Waals surface area contributed by atoms with Crippen LogP contribution in [0.1, 0.15) is 5.56 Å². The summed E-state index contributed by atoms with van der Waals surface area (Å²) in [5.41, 5.74) is 5.98. The Morgan fingerprint density at radius 2 is 1.95 bits per heavy atom. The Kier molecular flexibility index (Phi) is 4.03. The zero-order valence-electron chi connectivity index (χ0n) is 10.6. The van der Waals surface area contributed by atoms with Crippen LogP contribution in [0.4, 0.5) is 10.1 Å². The molecule has 21 heavy (non-hydrogen) atoms. The van der Waals surface area contributed by atoms with Crippen LogP contribution in [0.2, 0.25) is 0 Å². The molecule has 0 aliphatic rings. The van der Waals surface area contributed by atoms with Crippen molar-refractivity contribution in [3.63, 3.8) is 0 Å². The molecule has 0 saturated heterocycles. The van der Waals surface area contributed by atoms with Gasteiger partial charge in [0, 0.05) is 17.4 Å². The van der Waals surface area contributed by atoms with E-state index in [1.165, 1.54) is 36.5 Å². The average molecular weight is 310 g/mol. The third kappa shape index (κ3) is 3.26. The summed E-state index contributed by atoms with van der Waals surface area (Å²) < 4.78 is 39.6. The zero-order valence-corrected chi connectivity index (χ0v) is 11.4. The molecule has 0 spiro atoms. The van der Waals surface area contributed by atoms with Gasteiger partial charge in [-0.25, -0.2) is 9.37 Å². The first-order valence-electron chi connectivity index (χ1n) is 5.65. The Labute approximate surface area is 120 Å². The van der Waals surface area contributed by atoms with Crippen molar-refractivity contribution in [1.29, 1.82) is 0 Å². The van der Waals surface area contributed by atoms with Gasteiger partial charge in [0.25, 0.3) is 10.0 Å². The van der Waals surface area contributed by atoms with E-state index in [9.17, 15) is 12.8 Å². The molecule has 0 atom stereocenters. The highest BCUT2D eigenvalue weighted by Crippen LogP contribution is 2.17. The molecule has 0 saturated carbocycles. The molecule has 2 aromatic rings. The number of oxime groups is 1. The number of nitrogens with zero attached hydrogens (tertiary/aromatic N) is 2. The maximum atomic E-state index is 13.5. The molecule has 0 fully saturated rings. The summed E-state index contributed by atoms with van der Waals surface area (Å²) in [4.78, 5) is 3.51. The van der Waals surface area contributed by atoms with Gasteiger partial charge in [0.15, 0.2) is 11.7 Å². The molecule has 0 amide bonds. The van der Waals surface area contributed by atoms with Gasteiger partial charge in [0.2, 0.25) is 5.03 Å². The third-order valence-electron chi connectivity index (χ3n) is 2.52. The van der Waals surface area contributed by atoms with Crippen LogP contribution in [-0.2, 0) is 10.0 Å². The van der Waals surface area contributed by atoms with Crippen molar-refractivity contribution in [2.75, 3.05) is 4.72 Å². The van der Waals surface area contributed by atoms with Gasteiger partial charge in [-0.1, -0.05) is 5.16 Å². The smallest absolute Gasteiger partial charge is 0.282 e. The van der Waals surface area contributed by atoms with Crippen molar-refractivity contribution < 1.29 is 18.0 Å². The van der Waals surface area contributed by atoms with Gasteiger partial charge in [0.05, 0.1) is 0 Å². The summed E-state index contributed by atoms with van der Waals surface area (Å²) in [5.74, 6) is -1.06. The highest BCUT2D eigenvalue weighted by Gasteiger charge is 2.20. The zero-order chi connectivity index (χ0) is 15.5. The molecule has 0 bridgehead atoms. The number of aromatic nitrogens is 1. The number of amidine groups is 1. The van der Waals surface area contributed by atoms with Crippen molar-refractivity contribution in [3.8, 4) is 0 Å². The molecular weight excluding hydrogens is 299 g/mol. The van der Waals surface area contributed by atoms with Gasteiger partial charge in [-0.15, -0.1) is 0 Å². The fourth-order valence-electron chi connectivity index (χ4n) is 1.54. The molecule has 9 heteroatoms. The quantitative estimate of drug-likeness (QED) is 0.338. The molecule has 1 aromatic heterocycles. The number of benzene rings is 1. The van der Waals surface area contributed by atoms with E-state index in [4.69, 9.17) is 10.9 Å². The fourth-order valence-corrected chi connectivity index (χ4v) is 2.61. The van der Waals surface area contributed by atoms with Crippen molar-refractivity contribution in [1.82, 2.24) is 4.98 Å². The average Bonchev–Trinajstić information content (AvgIpc) is 2.47. The van der Waals surface area contributed by atoms with Gasteiger partial charge in [-0.3, -0.25) is 4.72 Å². The summed E-state index contributed by atoms with van der Waals surface area (Å²) in [6.45, 7) is 0. The van der Waals surface area contributed by atoms with Crippen molar-refractivity contribution in [2.45, 2.75) is 5.03 Å². The highest BCUT2D eigenvalue weighted by atomic mass is 32.2. The minimum atomic E-state index is -4.13. The Bertz CT molecular complexity index is 775. The Hall–Kier alpha value is -2.68. The number of hydrogen-bond acceptors (Lipinski definition) is 5. The predicted octanol–water partition coefficient (Wildman–Crippen LogP) is 1.12. The van der Waals surface area contributed by atoms with Crippen LogP contribution in [0.15, 0.2) is 52.8 Å². The van der Waals surface area contributed by atoms with Crippen molar-refractivity contribution in [2.24, 2.45) is 10.9 Å². The second-order valence-electron chi connectivity index (χ2n) is 3.96. The number of hydrogen-bond donors (Lipinski definition) is 3. The SMILES string of the molecule is N/C(=N/O)c1ccc(NS(=O)(=O)c2ncccc2F)cc1. The second-order valence-corrected chi connectivity index (χ2v) is 5.56. The minimum Gasteiger partial charge on any atom is -0.409 e. The first kappa shape index (κ1) is 14.7. The van der Waals surface area contributed by atoms with Gasteiger partial charge < -0.3 is 10.9 Å². The second kappa shape index (κ2) is 5.75. The maximum absolute atomic E-state index is 13.5. The summed E-state index contributed by atoms with van der Waals surface area (Å²) >= 11 is 0. The van der Waals surface area contributed by atoms with E-state index in [1.807, 2.05) is 0 Å². The molecule has 4 N–H and O–H groups in total. The summed E-state index contributed by atoms with van der Waals surface area (Å²) in [6.07, 6.45) is 1.18. The molecule has 0 unspecified atom stereocenters. The Morgan fingerprint density at radius 3 is 2.52 bits per heavy atom. The number of sulfonamides is 1. The van der Waals surface area contributed by atoms with Crippen molar-refractivity contribution >= 4 is 21.5 Å². The van der Waals surface area contributed by atoms with Crippen LogP contribution in [0.5, 0.6) is 0 Å². The van der Waals surface area contributed by atoms with E-state index in [1.54, 1.807) is 0 Å². The molecular formula is C12H11FN4O3S. The first-order valence-corrected chi connectivity index (χ1v) is 7.13. The molecule has 110 valence electrons. The number of rotatable bonds is 4. The van der Waals surface area contributed by atoms with E-state index in [0.717, 1.165) is 6.07 Å². The van der Waals surface area contributed by atoms with E-state index in [-0.39, 0.29) is 11.5 Å². The number of nitrogens with one attached hydrogen (secondary N) is 1. The number of anilines is 1. The largest absolute Gasteiger partial charge is 0.409 e. The summed E-state index contributed by atoms with van der Waals surface area (Å²) in [5, 5.41) is 10.7. The Morgan fingerprint density at radius 1 is 1.29 bits per heavy atom. The van der Waals surface area contributed by atoms with Crippen molar-refractivity contribution in [3.05, 3.63) is 54.0 Å². The summed E-state index contributed by atoms with van der Waals surface area (Å²) in [7, 11) is -4.13. The molecule has 1 heterocycles. The van der Waals surface area contributed by atoms with Crippen LogP contribution in [-0.4, -0.2) is 24.4 Å². The van der Waals surface area contributed by atoms with Gasteiger partial charge in [-0.05, 0) is 36.4 Å². The number of pyridine rings is 1. The molecule has 0 aliphatic carbocycles. The lowest BCUT2D eigenvalue weighted by molar-refractivity contribution is 0.318. The molecule has 2 rings (SSSR count). The normalized spacial score (nSPS) is 12.1. The Balaban J connectivity index is 2.28. The third-order valence-corrected chi connectivity index (χ3v) is 3.83. The van der Waals surface area contributed by atoms with E-state index >= 15 is 0 Å². The standard InChI is InChI=1S/C12H11FN4O3S/c13-10-2-1-7-15-12(10)21(19,20)17-9-5-3-8(4-6-9)11(14)16-18/h1-7,17-18H,(H2,14,16). The van der Waals surface area contributed by atoms with Gasteiger partial charge in [0.1, 0.15) is 0 Å². The topological polar surface area (TPSA) is 118 Å². The molecule has 1 aromatic carbocycles. The number of halogens is 1. The lowest BCUT2D eigenvalue weighted by Gasteiger charge is -2.08. The highest BCUT2D eigenvalue weighted by molar-refractivity contribution is 7.92.